The molecule has 0 radical (unpaired) electrons. The third-order valence-corrected chi connectivity index (χ3v) is 5.28. The molecule has 1 rings (SSSR count). The summed E-state index contributed by atoms with van der Waals surface area (Å²) >= 11 is 6.53. The highest BCUT2D eigenvalue weighted by atomic mass is 127. The Kier molecular flexibility index (Phi) is 7.95. The zero-order valence-corrected chi connectivity index (χ0v) is 17.9. The van der Waals surface area contributed by atoms with Gasteiger partial charge >= 0.3 is 5.97 Å². The fraction of sp³-hybridized carbons (Fsp3) is 0.385. The third-order valence-electron chi connectivity index (χ3n) is 2.65. The number of anilines is 1. The van der Waals surface area contributed by atoms with Crippen LogP contribution in [0, 0.1) is 10.7 Å². The summed E-state index contributed by atoms with van der Waals surface area (Å²) in [6.07, 6.45) is -0.188. The van der Waals surface area contributed by atoms with Crippen molar-refractivity contribution in [1.29, 1.82) is 0 Å². The second-order valence-electron chi connectivity index (χ2n) is 4.11. The maximum absolute atomic E-state index is 12.1. The van der Waals surface area contributed by atoms with Crippen molar-refractivity contribution in [1.82, 2.24) is 0 Å². The van der Waals surface area contributed by atoms with E-state index in [-0.39, 0.29) is 18.7 Å². The Balaban J connectivity index is 3.14. The van der Waals surface area contributed by atoms with E-state index in [4.69, 9.17) is 9.84 Å². The molecule has 1 aromatic rings. The smallest absolute Gasteiger partial charge is 0.303 e. The van der Waals surface area contributed by atoms with E-state index >= 15 is 0 Å². The minimum Gasteiger partial charge on any atom is -0.492 e. The number of nitrogens with zero attached hydrogens (tertiary/aromatic N) is 1. The first kappa shape index (κ1) is 19.2. The van der Waals surface area contributed by atoms with Crippen LogP contribution in [0.4, 0.5) is 5.69 Å². The quantitative estimate of drug-likeness (QED) is 0.488. The van der Waals surface area contributed by atoms with Gasteiger partial charge in [0.15, 0.2) is 0 Å². The number of hydrogen-bond acceptors (Lipinski definition) is 3. The zero-order chi connectivity index (χ0) is 16.2. The summed E-state index contributed by atoms with van der Waals surface area (Å²) in [5.74, 6) is -0.442. The molecular formula is C13H14I3NO4. The highest BCUT2D eigenvalue weighted by Gasteiger charge is 2.22. The summed E-state index contributed by atoms with van der Waals surface area (Å²) in [6, 6.07) is 1.95. The normalized spacial score (nSPS) is 10.3. The van der Waals surface area contributed by atoms with Crippen LogP contribution < -0.4 is 9.64 Å². The largest absolute Gasteiger partial charge is 0.492 e. The molecule has 0 saturated carbocycles. The van der Waals surface area contributed by atoms with Gasteiger partial charge in [-0.05, 0) is 80.8 Å². The molecule has 1 aromatic carbocycles. The van der Waals surface area contributed by atoms with Crippen molar-refractivity contribution >= 4 is 85.3 Å². The number of ether oxygens (including phenoxy) is 1. The Bertz CT molecular complexity index is 563. The maximum atomic E-state index is 12.1. The molecular weight excluding hydrogens is 615 g/mol. The summed E-state index contributed by atoms with van der Waals surface area (Å²) < 4.78 is 8.41. The van der Waals surface area contributed by atoms with E-state index in [1.807, 2.05) is 13.0 Å². The van der Waals surface area contributed by atoms with Crippen LogP contribution in [-0.2, 0) is 9.59 Å². The molecule has 0 bridgehead atoms. The molecule has 0 aliphatic heterocycles. The predicted molar refractivity (Wildman–Crippen MR) is 106 cm³/mol. The topological polar surface area (TPSA) is 66.8 Å². The summed E-state index contributed by atoms with van der Waals surface area (Å²) in [4.78, 5) is 24.2. The van der Waals surface area contributed by atoms with Crippen molar-refractivity contribution in [3.63, 3.8) is 0 Å². The number of carbonyl (C=O) groups excluding carboxylic acids is 1. The number of carbonyl (C=O) groups is 2. The highest BCUT2D eigenvalue weighted by molar-refractivity contribution is 14.1. The monoisotopic (exact) mass is 629 g/mol. The molecule has 1 amide bonds. The van der Waals surface area contributed by atoms with Gasteiger partial charge in [0.25, 0.3) is 0 Å². The third kappa shape index (κ3) is 5.08. The molecule has 0 unspecified atom stereocenters. The fourth-order valence-electron chi connectivity index (χ4n) is 1.65. The van der Waals surface area contributed by atoms with Gasteiger partial charge in [-0.1, -0.05) is 0 Å². The van der Waals surface area contributed by atoms with Gasteiger partial charge in [-0.15, -0.1) is 0 Å². The van der Waals surface area contributed by atoms with Gasteiger partial charge in [0.1, 0.15) is 5.75 Å². The molecule has 5 nitrogen and oxygen atoms in total. The standard InChI is InChI=1S/C13H14I3NO4/c1-3-21-13-8(15)6-7(14)12(11(13)16)17(2)9(18)4-5-10(19)20/h6H,3-5H2,1-2H3,(H,19,20). The number of halogens is 3. The number of hydrogen-bond donors (Lipinski definition) is 1. The van der Waals surface area contributed by atoms with E-state index in [1.54, 1.807) is 7.05 Å². The molecule has 0 atom stereocenters. The van der Waals surface area contributed by atoms with Crippen LogP contribution in [0.2, 0.25) is 0 Å². The maximum Gasteiger partial charge on any atom is 0.303 e. The van der Waals surface area contributed by atoms with Crippen molar-refractivity contribution < 1.29 is 19.4 Å². The van der Waals surface area contributed by atoms with Gasteiger partial charge in [-0.3, -0.25) is 9.59 Å². The van der Waals surface area contributed by atoms with Crippen molar-refractivity contribution in [3.8, 4) is 5.75 Å². The first-order chi connectivity index (χ1) is 9.79. The summed E-state index contributed by atoms with van der Waals surface area (Å²) in [5, 5.41) is 8.68. The lowest BCUT2D eigenvalue weighted by molar-refractivity contribution is -0.138. The van der Waals surface area contributed by atoms with Crippen LogP contribution in [0.15, 0.2) is 6.07 Å². The number of benzene rings is 1. The SMILES string of the molecule is CCOc1c(I)cc(I)c(N(C)C(=O)CCC(=O)O)c1I. The molecule has 0 heterocycles. The van der Waals surface area contributed by atoms with Crippen molar-refractivity contribution in [2.75, 3.05) is 18.6 Å². The molecule has 0 saturated heterocycles. The Labute approximate surface area is 164 Å². The van der Waals surface area contributed by atoms with Gasteiger partial charge in [0.2, 0.25) is 5.91 Å². The minimum absolute atomic E-state index is 0.0199. The van der Waals surface area contributed by atoms with Gasteiger partial charge in [-0.2, -0.15) is 0 Å². The summed E-state index contributed by atoms with van der Waals surface area (Å²) in [6.45, 7) is 2.45. The number of amides is 1. The second-order valence-corrected chi connectivity index (χ2v) is 7.51. The minimum atomic E-state index is -0.973. The molecule has 21 heavy (non-hydrogen) atoms. The average Bonchev–Trinajstić information content (AvgIpc) is 2.40. The van der Waals surface area contributed by atoms with Gasteiger partial charge in [-0.25, -0.2) is 0 Å². The average molecular weight is 629 g/mol. The van der Waals surface area contributed by atoms with Gasteiger partial charge < -0.3 is 14.7 Å². The van der Waals surface area contributed by atoms with Gasteiger partial charge in [0.05, 0.1) is 25.9 Å². The number of carboxylic acids is 1. The number of rotatable bonds is 6. The lowest BCUT2D eigenvalue weighted by Crippen LogP contribution is -2.28. The van der Waals surface area contributed by atoms with Crippen molar-refractivity contribution in [3.05, 3.63) is 16.8 Å². The predicted octanol–water partition coefficient (Wildman–Crippen LogP) is 3.73. The first-order valence-electron chi connectivity index (χ1n) is 6.08. The Hall–Kier alpha value is 0.150. The molecule has 0 aromatic heterocycles. The van der Waals surface area contributed by atoms with Crippen LogP contribution in [0.3, 0.4) is 0 Å². The van der Waals surface area contributed by atoms with E-state index in [2.05, 4.69) is 67.8 Å². The van der Waals surface area contributed by atoms with Crippen LogP contribution in [0.25, 0.3) is 0 Å². The molecule has 0 aliphatic carbocycles. The molecule has 8 heteroatoms. The second kappa shape index (κ2) is 8.70. The van der Waals surface area contributed by atoms with Crippen molar-refractivity contribution in [2.45, 2.75) is 19.8 Å². The van der Waals surface area contributed by atoms with Crippen LogP contribution in [-0.4, -0.2) is 30.6 Å². The first-order valence-corrected chi connectivity index (χ1v) is 9.31. The lowest BCUT2D eigenvalue weighted by Gasteiger charge is -2.22. The Morgan fingerprint density at radius 1 is 1.24 bits per heavy atom. The van der Waals surface area contributed by atoms with E-state index < -0.39 is 5.97 Å². The molecule has 0 aliphatic rings. The lowest BCUT2D eigenvalue weighted by atomic mass is 10.2. The van der Waals surface area contributed by atoms with Crippen LogP contribution >= 0.6 is 67.8 Å². The number of aliphatic carboxylic acids is 1. The van der Waals surface area contributed by atoms with E-state index in [1.165, 1.54) is 4.90 Å². The molecule has 0 fully saturated rings. The Morgan fingerprint density at radius 3 is 2.38 bits per heavy atom. The zero-order valence-electron chi connectivity index (χ0n) is 11.5. The van der Waals surface area contributed by atoms with E-state index in [0.29, 0.717) is 6.61 Å². The molecule has 0 spiro atoms. The Morgan fingerprint density at radius 2 is 1.86 bits per heavy atom. The van der Waals surface area contributed by atoms with Gasteiger partial charge in [0, 0.05) is 17.0 Å². The van der Waals surface area contributed by atoms with E-state index in [0.717, 1.165) is 22.1 Å². The molecule has 1 N–H and O–H groups in total. The van der Waals surface area contributed by atoms with Crippen LogP contribution in [0.5, 0.6) is 5.75 Å². The highest BCUT2D eigenvalue weighted by Crippen LogP contribution is 2.38. The van der Waals surface area contributed by atoms with Crippen LogP contribution in [0.1, 0.15) is 19.8 Å². The summed E-state index contributed by atoms with van der Waals surface area (Å²) in [5.41, 5.74) is 0.760. The fourth-order valence-corrected chi connectivity index (χ4v) is 6.06. The van der Waals surface area contributed by atoms with Crippen molar-refractivity contribution in [2.24, 2.45) is 0 Å². The molecule has 116 valence electrons. The van der Waals surface area contributed by atoms with E-state index in [9.17, 15) is 9.59 Å². The summed E-state index contributed by atoms with van der Waals surface area (Å²) in [7, 11) is 1.66. The number of carboxylic acid groups (broad SMARTS) is 1.